The molecule has 2 aromatic heterocycles. The molecule has 10 nitrogen and oxygen atoms in total. The van der Waals surface area contributed by atoms with E-state index < -0.39 is 12.1 Å². The van der Waals surface area contributed by atoms with Gasteiger partial charge in [-0.05, 0) is 54.7 Å². The molecule has 0 bridgehead atoms. The third kappa shape index (κ3) is 5.73. The smallest absolute Gasteiger partial charge is 0.325 e. The number of pyridine rings is 1. The summed E-state index contributed by atoms with van der Waals surface area (Å²) in [5.41, 5.74) is 1.52. The van der Waals surface area contributed by atoms with Crippen molar-refractivity contribution < 1.29 is 19.1 Å². The zero-order valence-electron chi connectivity index (χ0n) is 19.6. The Bertz CT molecular complexity index is 1200. The summed E-state index contributed by atoms with van der Waals surface area (Å²) in [4.78, 5) is 39.2. The van der Waals surface area contributed by atoms with Gasteiger partial charge in [0, 0.05) is 12.6 Å². The van der Waals surface area contributed by atoms with Crippen molar-refractivity contribution in [3.8, 4) is 5.75 Å². The minimum Gasteiger partial charge on any atom is -0.497 e. The maximum absolute atomic E-state index is 12.8. The van der Waals surface area contributed by atoms with Crippen LogP contribution in [0.4, 0.5) is 4.79 Å². The van der Waals surface area contributed by atoms with Gasteiger partial charge in [-0.3, -0.25) is 18.9 Å². The molecule has 1 saturated heterocycles. The SMILES string of the molecule is COc1ccc(CN2C(=O)N[C@H](CCC(=O)N[C@H](CCSC)c3nnc4ccccn34)C2=O)cc1. The fourth-order valence-electron chi connectivity index (χ4n) is 3.98. The Hall–Kier alpha value is -3.60. The number of ether oxygens (including phenoxy) is 1. The summed E-state index contributed by atoms with van der Waals surface area (Å²) in [7, 11) is 1.58. The van der Waals surface area contributed by atoms with Crippen molar-refractivity contribution in [2.75, 3.05) is 19.1 Å². The van der Waals surface area contributed by atoms with Crippen LogP contribution in [0.2, 0.25) is 0 Å². The number of fused-ring (bicyclic) bond motifs is 1. The highest BCUT2D eigenvalue weighted by molar-refractivity contribution is 7.98. The van der Waals surface area contributed by atoms with E-state index in [1.165, 1.54) is 4.90 Å². The molecule has 35 heavy (non-hydrogen) atoms. The second-order valence-corrected chi connectivity index (χ2v) is 9.19. The van der Waals surface area contributed by atoms with Crippen LogP contribution >= 0.6 is 11.8 Å². The number of imide groups is 1. The molecule has 0 unspecified atom stereocenters. The van der Waals surface area contributed by atoms with Crippen LogP contribution in [0.25, 0.3) is 5.65 Å². The van der Waals surface area contributed by atoms with Crippen LogP contribution < -0.4 is 15.4 Å². The molecule has 0 radical (unpaired) electrons. The van der Waals surface area contributed by atoms with Gasteiger partial charge in [-0.15, -0.1) is 10.2 Å². The van der Waals surface area contributed by atoms with Gasteiger partial charge in [0.1, 0.15) is 11.8 Å². The van der Waals surface area contributed by atoms with E-state index in [0.717, 1.165) is 11.3 Å². The number of nitrogens with one attached hydrogen (secondary N) is 2. The first-order valence-corrected chi connectivity index (χ1v) is 12.7. The maximum Gasteiger partial charge on any atom is 0.325 e. The lowest BCUT2D eigenvalue weighted by atomic mass is 10.1. The zero-order valence-corrected chi connectivity index (χ0v) is 20.5. The lowest BCUT2D eigenvalue weighted by Crippen LogP contribution is -2.34. The summed E-state index contributed by atoms with van der Waals surface area (Å²) >= 11 is 1.68. The van der Waals surface area contributed by atoms with Gasteiger partial charge in [-0.25, -0.2) is 4.79 Å². The molecule has 2 atom stereocenters. The van der Waals surface area contributed by atoms with Gasteiger partial charge in [0.2, 0.25) is 5.91 Å². The summed E-state index contributed by atoms with van der Waals surface area (Å²) in [5, 5.41) is 14.2. The van der Waals surface area contributed by atoms with Gasteiger partial charge < -0.3 is 15.4 Å². The number of methoxy groups -OCH3 is 1. The minimum atomic E-state index is -0.731. The summed E-state index contributed by atoms with van der Waals surface area (Å²) in [6.07, 6.45) is 4.88. The predicted molar refractivity (Wildman–Crippen MR) is 132 cm³/mol. The number of rotatable bonds is 11. The summed E-state index contributed by atoms with van der Waals surface area (Å²) < 4.78 is 7.00. The van der Waals surface area contributed by atoms with Crippen molar-refractivity contribution in [2.45, 2.75) is 37.9 Å². The van der Waals surface area contributed by atoms with E-state index in [0.29, 0.717) is 23.6 Å². The minimum absolute atomic E-state index is 0.0968. The van der Waals surface area contributed by atoms with E-state index in [4.69, 9.17) is 4.74 Å². The van der Waals surface area contributed by atoms with Crippen LogP contribution in [0.3, 0.4) is 0 Å². The maximum atomic E-state index is 12.8. The lowest BCUT2D eigenvalue weighted by molar-refractivity contribution is -0.128. The van der Waals surface area contributed by atoms with Crippen LogP contribution in [-0.4, -0.2) is 62.5 Å². The van der Waals surface area contributed by atoms with E-state index in [1.54, 1.807) is 31.0 Å². The third-order valence-electron chi connectivity index (χ3n) is 5.86. The molecule has 2 N–H and O–H groups in total. The molecule has 1 aliphatic heterocycles. The molecule has 11 heteroatoms. The van der Waals surface area contributed by atoms with E-state index in [-0.39, 0.29) is 37.2 Å². The van der Waals surface area contributed by atoms with Crippen molar-refractivity contribution in [2.24, 2.45) is 0 Å². The number of carbonyl (C=O) groups excluding carboxylic acids is 3. The fraction of sp³-hybridized carbons (Fsp3) is 0.375. The molecule has 4 amide bonds. The highest BCUT2D eigenvalue weighted by Crippen LogP contribution is 2.20. The van der Waals surface area contributed by atoms with Crippen molar-refractivity contribution >= 4 is 35.3 Å². The quantitative estimate of drug-likeness (QED) is 0.392. The highest BCUT2D eigenvalue weighted by Gasteiger charge is 2.38. The molecule has 4 rings (SSSR count). The van der Waals surface area contributed by atoms with Crippen LogP contribution in [0, 0.1) is 0 Å². The van der Waals surface area contributed by atoms with E-state index in [9.17, 15) is 14.4 Å². The van der Waals surface area contributed by atoms with Crippen molar-refractivity contribution in [1.29, 1.82) is 0 Å². The van der Waals surface area contributed by atoms with Gasteiger partial charge >= 0.3 is 6.03 Å². The van der Waals surface area contributed by atoms with Crippen LogP contribution in [0.5, 0.6) is 5.75 Å². The van der Waals surface area contributed by atoms with Crippen LogP contribution in [0.15, 0.2) is 48.7 Å². The molecule has 1 fully saturated rings. The van der Waals surface area contributed by atoms with Crippen LogP contribution in [0.1, 0.15) is 36.7 Å². The van der Waals surface area contributed by atoms with Gasteiger partial charge in [0.05, 0.1) is 19.7 Å². The molecule has 0 spiro atoms. The van der Waals surface area contributed by atoms with Gasteiger partial charge in [-0.2, -0.15) is 11.8 Å². The Kier molecular flexibility index (Phi) is 7.86. The molecule has 0 aliphatic carbocycles. The van der Waals surface area contributed by atoms with E-state index in [2.05, 4.69) is 20.8 Å². The second kappa shape index (κ2) is 11.2. The fourth-order valence-corrected chi connectivity index (χ4v) is 4.45. The van der Waals surface area contributed by atoms with Gasteiger partial charge in [0.15, 0.2) is 11.5 Å². The number of thioether (sulfide) groups is 1. The Balaban J connectivity index is 1.35. The predicted octanol–water partition coefficient (Wildman–Crippen LogP) is 2.55. The number of carbonyl (C=O) groups is 3. The largest absolute Gasteiger partial charge is 0.497 e. The summed E-state index contributed by atoms with van der Waals surface area (Å²) in [5.74, 6) is 1.66. The Morgan fingerprint density at radius 3 is 2.74 bits per heavy atom. The number of benzene rings is 1. The number of hydrogen-bond acceptors (Lipinski definition) is 7. The number of hydrogen-bond donors (Lipinski definition) is 2. The number of nitrogens with zero attached hydrogens (tertiary/aromatic N) is 4. The molecule has 184 valence electrons. The number of aromatic nitrogens is 3. The van der Waals surface area contributed by atoms with Crippen molar-refractivity contribution in [1.82, 2.24) is 30.1 Å². The van der Waals surface area contributed by atoms with E-state index >= 15 is 0 Å². The summed E-state index contributed by atoms with van der Waals surface area (Å²) in [6.45, 7) is 0.161. The van der Waals surface area contributed by atoms with Gasteiger partial charge in [-0.1, -0.05) is 18.2 Å². The van der Waals surface area contributed by atoms with Gasteiger partial charge in [0.25, 0.3) is 5.91 Å². The normalized spacial score (nSPS) is 16.4. The monoisotopic (exact) mass is 496 g/mol. The second-order valence-electron chi connectivity index (χ2n) is 8.20. The highest BCUT2D eigenvalue weighted by atomic mass is 32.2. The Morgan fingerprint density at radius 2 is 2.00 bits per heavy atom. The number of amides is 4. The zero-order chi connectivity index (χ0) is 24.8. The van der Waals surface area contributed by atoms with E-state index in [1.807, 2.05) is 47.2 Å². The molecule has 3 heterocycles. The first-order valence-electron chi connectivity index (χ1n) is 11.3. The lowest BCUT2D eigenvalue weighted by Gasteiger charge is -2.17. The van der Waals surface area contributed by atoms with Crippen LogP contribution in [-0.2, 0) is 16.1 Å². The first-order chi connectivity index (χ1) is 17.0. The molecular formula is C24H28N6O4S. The first kappa shape index (κ1) is 24.5. The summed E-state index contributed by atoms with van der Waals surface area (Å²) in [6, 6.07) is 11.3. The Morgan fingerprint density at radius 1 is 1.20 bits per heavy atom. The molecule has 3 aromatic rings. The molecule has 0 saturated carbocycles. The topological polar surface area (TPSA) is 118 Å². The number of urea groups is 1. The average molecular weight is 497 g/mol. The average Bonchev–Trinajstić information content (AvgIpc) is 3.42. The van der Waals surface area contributed by atoms with Crippen molar-refractivity contribution in [3.63, 3.8) is 0 Å². The molecule has 1 aromatic carbocycles. The third-order valence-corrected chi connectivity index (χ3v) is 6.51. The molecular weight excluding hydrogens is 468 g/mol. The Labute approximate surface area is 207 Å². The molecule has 1 aliphatic rings. The van der Waals surface area contributed by atoms with Crippen molar-refractivity contribution in [3.05, 3.63) is 60.0 Å². The standard InChI is InChI=1S/C24H28N6O4S/c1-34-17-8-6-16(7-9-17)15-30-23(32)19(26-24(30)33)10-11-21(31)25-18(12-14-35-2)22-28-27-20-5-3-4-13-29(20)22/h3-9,13,18-19H,10-12,14-15H2,1-2H3,(H,25,31)(H,26,33)/t18-,19-/m1/s1.